The van der Waals surface area contributed by atoms with Gasteiger partial charge in [0.25, 0.3) is 0 Å². The predicted octanol–water partition coefficient (Wildman–Crippen LogP) is 3.70. The first-order valence-electron chi connectivity index (χ1n) is 9.07. The predicted molar refractivity (Wildman–Crippen MR) is 91.6 cm³/mol. The quantitative estimate of drug-likeness (QED) is 0.793. The number of hydrogen-bond donors (Lipinski definition) is 0. The summed E-state index contributed by atoms with van der Waals surface area (Å²) in [5.74, 6) is -1.96. The smallest absolute Gasteiger partial charge is 0.337 e. The number of benzene rings is 2. The third-order valence-electron chi connectivity index (χ3n) is 3.61. The number of rotatable bonds is 3. The highest BCUT2D eigenvalue weighted by molar-refractivity contribution is 8.00. The van der Waals surface area contributed by atoms with Gasteiger partial charge in [-0.3, -0.25) is 9.69 Å². The zero-order valence-electron chi connectivity index (χ0n) is 17.0. The highest BCUT2D eigenvalue weighted by Gasteiger charge is 2.34. The van der Waals surface area contributed by atoms with Crippen molar-refractivity contribution in [1.29, 1.82) is 0 Å². The fourth-order valence-corrected chi connectivity index (χ4v) is 3.60. The fraction of sp³-hybridized carbons (Fsp3) is 0.222. The number of amides is 1. The van der Waals surface area contributed by atoms with Gasteiger partial charge in [-0.1, -0.05) is 12.1 Å². The first-order valence-corrected chi connectivity index (χ1v) is 8.12. The van der Waals surface area contributed by atoms with E-state index in [9.17, 15) is 14.0 Å². The normalized spacial score (nSPS) is 19.5. The number of carbonyl (C=O) groups is 2. The van der Waals surface area contributed by atoms with Crippen molar-refractivity contribution in [3.63, 3.8) is 0 Å². The Morgan fingerprint density at radius 2 is 2.08 bits per heavy atom. The van der Waals surface area contributed by atoms with E-state index in [2.05, 4.69) is 4.74 Å². The van der Waals surface area contributed by atoms with Gasteiger partial charge >= 0.3 is 5.97 Å². The molecule has 0 aromatic heterocycles. The molecule has 0 radical (unpaired) electrons. The maximum atomic E-state index is 13.9. The monoisotopic (exact) mass is 349 g/mol. The molecular formula is C18H16FNO3S. The first kappa shape index (κ1) is 12.1. The summed E-state index contributed by atoms with van der Waals surface area (Å²) in [6, 6.07) is 2.06. The largest absolute Gasteiger partial charge is 0.465 e. The second-order valence-electron chi connectivity index (χ2n) is 5.15. The number of aryl methyl sites for hydroxylation is 1. The Morgan fingerprint density at radius 3 is 2.71 bits per heavy atom. The first-order chi connectivity index (χ1) is 13.2. The van der Waals surface area contributed by atoms with Crippen LogP contribution in [0, 0.1) is 12.7 Å². The Labute approximate surface area is 149 Å². The summed E-state index contributed by atoms with van der Waals surface area (Å²) in [5, 5.41) is -0.844. The van der Waals surface area contributed by atoms with Crippen LogP contribution in [0.2, 0.25) is 0 Å². The zero-order chi connectivity index (χ0) is 20.7. The van der Waals surface area contributed by atoms with Gasteiger partial charge in [0.05, 0.1) is 23.9 Å². The number of nitrogens with zero attached hydrogens (tertiary/aromatic N) is 1. The van der Waals surface area contributed by atoms with Gasteiger partial charge in [-0.2, -0.15) is 0 Å². The van der Waals surface area contributed by atoms with Crippen LogP contribution in [-0.4, -0.2) is 24.7 Å². The molecule has 2 aromatic carbocycles. The average molecular weight is 349 g/mol. The van der Waals surface area contributed by atoms with Gasteiger partial charge in [-0.05, 0) is 48.3 Å². The molecule has 1 aliphatic heterocycles. The minimum absolute atomic E-state index is 0.0521. The van der Waals surface area contributed by atoms with Crippen molar-refractivity contribution in [3.05, 3.63) is 64.9 Å². The number of anilines is 1. The lowest BCUT2D eigenvalue weighted by Gasteiger charge is -2.26. The number of methoxy groups -OCH3 is 1. The Hall–Kier alpha value is -2.34. The molecule has 1 atom stereocenters. The molecule has 0 aliphatic carbocycles. The number of ether oxygens (including phenoxy) is 1. The molecule has 0 spiro atoms. The van der Waals surface area contributed by atoms with Gasteiger partial charge < -0.3 is 4.74 Å². The molecular weight excluding hydrogens is 329 g/mol. The molecule has 1 amide bonds. The summed E-state index contributed by atoms with van der Waals surface area (Å²) in [7, 11) is 1.26. The Kier molecular flexibility index (Phi) is 3.35. The van der Waals surface area contributed by atoms with Gasteiger partial charge in [0.1, 0.15) is 11.2 Å². The number of esters is 1. The lowest BCUT2D eigenvalue weighted by molar-refractivity contribution is -0.115. The molecule has 4 nitrogen and oxygen atoms in total. The summed E-state index contributed by atoms with van der Waals surface area (Å²) in [6.07, 6.45) is 0. The SMILES string of the molecule is [2H]c1c([2H])c(C2SCC(=O)N2c2ccc(C(=O)OC)cc2C)c([2H])c([2H])c1F. The van der Waals surface area contributed by atoms with Gasteiger partial charge in [0.2, 0.25) is 5.91 Å². The van der Waals surface area contributed by atoms with Crippen LogP contribution in [0.3, 0.4) is 0 Å². The lowest BCUT2D eigenvalue weighted by Crippen LogP contribution is -2.28. The van der Waals surface area contributed by atoms with Crippen LogP contribution in [0.5, 0.6) is 0 Å². The van der Waals surface area contributed by atoms with Crippen molar-refractivity contribution >= 4 is 29.3 Å². The van der Waals surface area contributed by atoms with Crippen LogP contribution in [0.15, 0.2) is 42.4 Å². The molecule has 0 saturated carbocycles. The van der Waals surface area contributed by atoms with E-state index in [-0.39, 0.29) is 17.2 Å². The van der Waals surface area contributed by atoms with Crippen LogP contribution in [0.1, 0.15) is 32.3 Å². The summed E-state index contributed by atoms with van der Waals surface area (Å²) in [5.41, 5.74) is 1.32. The number of hydrogen-bond acceptors (Lipinski definition) is 4. The topological polar surface area (TPSA) is 46.6 Å². The molecule has 6 heteroatoms. The molecule has 1 heterocycles. The molecule has 0 N–H and O–H groups in total. The van der Waals surface area contributed by atoms with Crippen LogP contribution in [0.25, 0.3) is 0 Å². The minimum Gasteiger partial charge on any atom is -0.465 e. The van der Waals surface area contributed by atoms with Crippen molar-refractivity contribution in [2.45, 2.75) is 12.3 Å². The van der Waals surface area contributed by atoms with Crippen molar-refractivity contribution in [3.8, 4) is 0 Å². The van der Waals surface area contributed by atoms with Crippen molar-refractivity contribution in [2.75, 3.05) is 17.8 Å². The highest BCUT2D eigenvalue weighted by atomic mass is 32.2. The van der Waals surface area contributed by atoms with Crippen LogP contribution < -0.4 is 4.90 Å². The van der Waals surface area contributed by atoms with E-state index in [0.717, 1.165) is 11.8 Å². The molecule has 124 valence electrons. The maximum absolute atomic E-state index is 13.9. The van der Waals surface area contributed by atoms with Gasteiger partial charge in [-0.15, -0.1) is 11.8 Å². The Morgan fingerprint density at radius 1 is 1.38 bits per heavy atom. The van der Waals surface area contributed by atoms with Gasteiger partial charge in [-0.25, -0.2) is 9.18 Å². The Bertz CT molecular complexity index is 972. The van der Waals surface area contributed by atoms with Crippen molar-refractivity contribution in [1.82, 2.24) is 0 Å². The molecule has 1 unspecified atom stereocenters. The molecule has 1 fully saturated rings. The second kappa shape index (κ2) is 6.65. The number of carbonyl (C=O) groups excluding carboxylic acids is 2. The lowest BCUT2D eigenvalue weighted by atomic mass is 10.1. The summed E-state index contributed by atoms with van der Waals surface area (Å²) in [6.45, 7) is 1.70. The van der Waals surface area contributed by atoms with Gasteiger partial charge in [0.15, 0.2) is 0 Å². The molecule has 2 aromatic rings. The summed E-state index contributed by atoms with van der Waals surface area (Å²) >= 11 is 1.14. The summed E-state index contributed by atoms with van der Waals surface area (Å²) in [4.78, 5) is 25.6. The molecule has 1 saturated heterocycles. The molecule has 3 rings (SSSR count). The van der Waals surface area contributed by atoms with E-state index < -0.39 is 41.3 Å². The fourth-order valence-electron chi connectivity index (χ4n) is 2.50. The third kappa shape index (κ3) is 3.01. The number of thioether (sulfide) groups is 1. The van der Waals surface area contributed by atoms with Crippen molar-refractivity contribution in [2.24, 2.45) is 0 Å². The minimum atomic E-state index is -1.22. The van der Waals surface area contributed by atoms with E-state index in [0.29, 0.717) is 16.8 Å². The van der Waals surface area contributed by atoms with Crippen LogP contribution in [0.4, 0.5) is 10.1 Å². The maximum Gasteiger partial charge on any atom is 0.337 e. The molecule has 0 bridgehead atoms. The second-order valence-corrected chi connectivity index (χ2v) is 6.22. The summed E-state index contributed by atoms with van der Waals surface area (Å²) < 4.78 is 50.2. The van der Waals surface area contributed by atoms with E-state index in [4.69, 9.17) is 5.48 Å². The Balaban J connectivity index is 2.13. The average Bonchev–Trinajstić information content (AvgIpc) is 3.05. The number of halogens is 1. The van der Waals surface area contributed by atoms with Gasteiger partial charge in [0, 0.05) is 5.69 Å². The third-order valence-corrected chi connectivity index (χ3v) is 4.78. The van der Waals surface area contributed by atoms with E-state index >= 15 is 0 Å². The zero-order valence-corrected chi connectivity index (χ0v) is 13.8. The van der Waals surface area contributed by atoms with Crippen molar-refractivity contribution < 1.29 is 24.2 Å². The molecule has 1 aliphatic rings. The van der Waals surface area contributed by atoms with Crippen LogP contribution >= 0.6 is 11.8 Å². The van der Waals surface area contributed by atoms with E-state index in [1.807, 2.05) is 0 Å². The molecule has 24 heavy (non-hydrogen) atoms. The van der Waals surface area contributed by atoms with E-state index in [1.54, 1.807) is 19.1 Å². The highest BCUT2D eigenvalue weighted by Crippen LogP contribution is 2.42. The standard InChI is InChI=1S/C18H16FNO3S/c1-11-9-13(18(22)23-2)5-8-15(11)20-16(21)10-24-17(20)12-3-6-14(19)7-4-12/h3-9,17H,10H2,1-2H3/i3D,4D,6D,7D. The van der Waals surface area contributed by atoms with E-state index in [1.165, 1.54) is 18.1 Å². The van der Waals surface area contributed by atoms with Crippen LogP contribution in [-0.2, 0) is 9.53 Å².